The highest BCUT2D eigenvalue weighted by Crippen LogP contribution is 2.23. The van der Waals surface area contributed by atoms with Crippen LogP contribution < -0.4 is 10.0 Å². The third-order valence-corrected chi connectivity index (χ3v) is 5.83. The molecule has 0 saturated heterocycles. The summed E-state index contributed by atoms with van der Waals surface area (Å²) in [5.41, 5.74) is 2.13. The minimum Gasteiger partial charge on any atom is -0.454 e. The number of amidine groups is 1. The van der Waals surface area contributed by atoms with Crippen molar-refractivity contribution in [2.45, 2.75) is 31.1 Å². The van der Waals surface area contributed by atoms with E-state index in [9.17, 15) is 18.0 Å². The number of carbonyl (C=O) groups is 2. The molecule has 158 valence electrons. The van der Waals surface area contributed by atoms with Gasteiger partial charge in [-0.15, -0.1) is 0 Å². The van der Waals surface area contributed by atoms with E-state index in [0.29, 0.717) is 11.3 Å². The van der Waals surface area contributed by atoms with Crippen LogP contribution in [0.25, 0.3) is 0 Å². The van der Waals surface area contributed by atoms with Gasteiger partial charge < -0.3 is 10.1 Å². The van der Waals surface area contributed by atoms with Crippen LogP contribution in [-0.2, 0) is 29.8 Å². The summed E-state index contributed by atoms with van der Waals surface area (Å²) in [7, 11) is -3.67. The van der Waals surface area contributed by atoms with Gasteiger partial charge in [0.05, 0.1) is 4.90 Å². The number of hydrogen-bond acceptors (Lipinski definition) is 6. The number of sulfonamides is 1. The number of nitrogens with zero attached hydrogens (tertiary/aromatic N) is 1. The lowest BCUT2D eigenvalue weighted by atomic mass is 9.87. The van der Waals surface area contributed by atoms with Gasteiger partial charge in [0.25, 0.3) is 15.9 Å². The predicted molar refractivity (Wildman–Crippen MR) is 113 cm³/mol. The first-order valence-electron chi connectivity index (χ1n) is 9.29. The van der Waals surface area contributed by atoms with E-state index in [-0.39, 0.29) is 16.1 Å². The number of aliphatic imine (C=N–C) groups is 1. The molecule has 0 bridgehead atoms. The van der Waals surface area contributed by atoms with Crippen molar-refractivity contribution in [1.82, 2.24) is 4.72 Å². The number of benzene rings is 2. The van der Waals surface area contributed by atoms with Crippen LogP contribution in [-0.4, -0.2) is 39.3 Å². The third kappa shape index (κ3) is 5.04. The van der Waals surface area contributed by atoms with E-state index in [1.54, 1.807) is 30.3 Å². The number of esters is 1. The van der Waals surface area contributed by atoms with E-state index in [2.05, 4.69) is 35.8 Å². The minimum atomic E-state index is -3.67. The number of amides is 1. The Hall–Kier alpha value is -3.20. The van der Waals surface area contributed by atoms with E-state index in [1.807, 2.05) is 12.1 Å². The fourth-order valence-electron chi connectivity index (χ4n) is 2.84. The number of carbonyl (C=O) groups excluding carboxylic acids is 2. The smallest absolute Gasteiger partial charge is 0.328 e. The maximum Gasteiger partial charge on any atom is 0.328 e. The predicted octanol–water partition coefficient (Wildman–Crippen LogP) is 2.20. The first-order valence-corrected chi connectivity index (χ1v) is 10.8. The largest absolute Gasteiger partial charge is 0.454 e. The summed E-state index contributed by atoms with van der Waals surface area (Å²) in [6.45, 7) is 5.41. The molecule has 1 amide bonds. The number of nitrogens with one attached hydrogen (secondary N) is 2. The van der Waals surface area contributed by atoms with Gasteiger partial charge >= 0.3 is 5.97 Å². The topological polar surface area (TPSA) is 114 Å². The Morgan fingerprint density at radius 2 is 1.73 bits per heavy atom. The molecule has 30 heavy (non-hydrogen) atoms. The molecule has 8 nitrogen and oxygen atoms in total. The Balaban J connectivity index is 1.52. The second-order valence-corrected chi connectivity index (χ2v) is 9.45. The molecule has 0 aliphatic carbocycles. The molecule has 2 N–H and O–H groups in total. The monoisotopic (exact) mass is 429 g/mol. The van der Waals surface area contributed by atoms with Crippen molar-refractivity contribution < 1.29 is 22.7 Å². The van der Waals surface area contributed by atoms with Gasteiger partial charge in [-0.3, -0.25) is 19.3 Å². The van der Waals surface area contributed by atoms with E-state index < -0.39 is 35.1 Å². The first kappa shape index (κ1) is 21.5. The zero-order valence-electron chi connectivity index (χ0n) is 16.9. The molecule has 9 heteroatoms. The van der Waals surface area contributed by atoms with Crippen LogP contribution in [0.1, 0.15) is 31.9 Å². The number of ether oxygens (including phenoxy) is 1. The molecule has 1 heterocycles. The van der Waals surface area contributed by atoms with Gasteiger partial charge in [0, 0.05) is 11.3 Å². The Kier molecular flexibility index (Phi) is 5.93. The fraction of sp³-hybridized carbons (Fsp3) is 0.286. The SMILES string of the molecule is CC(C)(C)c1ccc(NC(=O)COC(=O)CN=C2NS(=O)(=O)c3ccccc32)cc1. The lowest BCUT2D eigenvalue weighted by molar-refractivity contribution is -0.145. The minimum absolute atomic E-state index is 0.00754. The summed E-state index contributed by atoms with van der Waals surface area (Å²) in [5, 5.41) is 2.65. The molecular formula is C21H23N3O5S. The van der Waals surface area contributed by atoms with Crippen LogP contribution in [0.5, 0.6) is 0 Å². The molecule has 0 spiro atoms. The van der Waals surface area contributed by atoms with Gasteiger partial charge in [0.1, 0.15) is 12.4 Å². The summed E-state index contributed by atoms with van der Waals surface area (Å²) in [4.78, 5) is 28.0. The molecule has 0 radical (unpaired) electrons. The first-order chi connectivity index (χ1) is 14.1. The summed E-state index contributed by atoms with van der Waals surface area (Å²) in [6.07, 6.45) is 0. The van der Waals surface area contributed by atoms with Gasteiger partial charge in [-0.1, -0.05) is 45.0 Å². The number of anilines is 1. The highest BCUT2D eigenvalue weighted by molar-refractivity contribution is 7.90. The number of fused-ring (bicyclic) bond motifs is 1. The second-order valence-electron chi connectivity index (χ2n) is 7.80. The van der Waals surface area contributed by atoms with Crippen LogP contribution in [0.3, 0.4) is 0 Å². The van der Waals surface area contributed by atoms with E-state index >= 15 is 0 Å². The highest BCUT2D eigenvalue weighted by atomic mass is 32.2. The van der Waals surface area contributed by atoms with Crippen molar-refractivity contribution in [1.29, 1.82) is 0 Å². The van der Waals surface area contributed by atoms with Crippen LogP contribution in [0.15, 0.2) is 58.4 Å². The zero-order valence-corrected chi connectivity index (χ0v) is 17.7. The highest BCUT2D eigenvalue weighted by Gasteiger charge is 2.30. The normalized spacial score (nSPS) is 15.9. The van der Waals surface area contributed by atoms with Gasteiger partial charge in [-0.05, 0) is 35.2 Å². The maximum absolute atomic E-state index is 12.0. The van der Waals surface area contributed by atoms with Crippen molar-refractivity contribution in [3.05, 3.63) is 59.7 Å². The second kappa shape index (κ2) is 8.27. The molecule has 1 aliphatic heterocycles. The Morgan fingerprint density at radius 3 is 2.40 bits per heavy atom. The van der Waals surface area contributed by atoms with Crippen LogP contribution >= 0.6 is 0 Å². The van der Waals surface area contributed by atoms with Gasteiger partial charge in [-0.2, -0.15) is 0 Å². The lowest BCUT2D eigenvalue weighted by Gasteiger charge is -2.19. The van der Waals surface area contributed by atoms with Crippen LogP contribution in [0.2, 0.25) is 0 Å². The van der Waals surface area contributed by atoms with Crippen molar-refractivity contribution >= 4 is 33.4 Å². The average molecular weight is 429 g/mol. The van der Waals surface area contributed by atoms with Crippen molar-refractivity contribution in [3.8, 4) is 0 Å². The molecular weight excluding hydrogens is 406 g/mol. The van der Waals surface area contributed by atoms with Crippen molar-refractivity contribution in [2.24, 2.45) is 4.99 Å². The van der Waals surface area contributed by atoms with E-state index in [1.165, 1.54) is 6.07 Å². The molecule has 1 aliphatic rings. The molecule has 0 unspecified atom stereocenters. The molecule has 0 aromatic heterocycles. The van der Waals surface area contributed by atoms with Crippen molar-refractivity contribution in [3.63, 3.8) is 0 Å². The standard InChI is InChI=1S/C21H23N3O5S/c1-21(2,3)14-8-10-15(11-9-14)23-18(25)13-29-19(26)12-22-20-16-6-4-5-7-17(16)30(27,28)24-20/h4-11H,12-13H2,1-3H3,(H,22,24)(H,23,25). The number of rotatable bonds is 5. The van der Waals surface area contributed by atoms with Crippen LogP contribution in [0.4, 0.5) is 5.69 Å². The molecule has 0 fully saturated rings. The average Bonchev–Trinajstić information content (AvgIpc) is 2.95. The summed E-state index contributed by atoms with van der Waals surface area (Å²) < 4.78 is 31.2. The Labute approximate surface area is 175 Å². The van der Waals surface area contributed by atoms with Crippen molar-refractivity contribution in [2.75, 3.05) is 18.5 Å². The van der Waals surface area contributed by atoms with Gasteiger partial charge in [0.15, 0.2) is 6.61 Å². The van der Waals surface area contributed by atoms with Gasteiger partial charge in [0.2, 0.25) is 0 Å². The maximum atomic E-state index is 12.0. The molecule has 2 aromatic rings. The number of hydrogen-bond donors (Lipinski definition) is 2. The molecule has 2 aromatic carbocycles. The quantitative estimate of drug-likeness (QED) is 0.708. The summed E-state index contributed by atoms with van der Waals surface area (Å²) in [6, 6.07) is 13.8. The zero-order chi connectivity index (χ0) is 21.9. The third-order valence-electron chi connectivity index (χ3n) is 4.43. The van der Waals surface area contributed by atoms with Crippen LogP contribution in [0, 0.1) is 0 Å². The lowest BCUT2D eigenvalue weighted by Crippen LogP contribution is -2.25. The Bertz CT molecular complexity index is 1100. The van der Waals surface area contributed by atoms with E-state index in [4.69, 9.17) is 4.74 Å². The summed E-state index contributed by atoms with van der Waals surface area (Å²) >= 11 is 0. The summed E-state index contributed by atoms with van der Waals surface area (Å²) in [5.74, 6) is -1.15. The van der Waals surface area contributed by atoms with Gasteiger partial charge in [-0.25, -0.2) is 8.42 Å². The molecule has 3 rings (SSSR count). The fourth-order valence-corrected chi connectivity index (χ4v) is 4.09. The molecule has 0 saturated carbocycles. The Morgan fingerprint density at radius 1 is 1.07 bits per heavy atom. The van der Waals surface area contributed by atoms with E-state index in [0.717, 1.165) is 5.56 Å². The molecule has 0 atom stereocenters.